The third-order valence-corrected chi connectivity index (χ3v) is 2.39. The van der Waals surface area contributed by atoms with Crippen LogP contribution in [0.25, 0.3) is 0 Å². The predicted molar refractivity (Wildman–Crippen MR) is 63.9 cm³/mol. The number of hydrogen-bond acceptors (Lipinski definition) is 4. The summed E-state index contributed by atoms with van der Waals surface area (Å²) >= 11 is 0. The van der Waals surface area contributed by atoms with Gasteiger partial charge in [0.15, 0.2) is 11.6 Å². The quantitative estimate of drug-likeness (QED) is 0.720. The summed E-state index contributed by atoms with van der Waals surface area (Å²) in [6.07, 6.45) is 3.41. The van der Waals surface area contributed by atoms with Gasteiger partial charge < -0.3 is 14.8 Å². The van der Waals surface area contributed by atoms with Gasteiger partial charge in [0.1, 0.15) is 6.61 Å². The highest BCUT2D eigenvalue weighted by Gasteiger charge is 2.14. The summed E-state index contributed by atoms with van der Waals surface area (Å²) in [5.41, 5.74) is 0.186. The number of hydrogen-bond donors (Lipinski definition) is 2. The second-order valence-electron chi connectivity index (χ2n) is 3.68. The van der Waals surface area contributed by atoms with E-state index in [2.05, 4.69) is 5.10 Å². The molecule has 0 aliphatic rings. The minimum absolute atomic E-state index is 0.00671. The van der Waals surface area contributed by atoms with Crippen LogP contribution in [0.3, 0.4) is 0 Å². The zero-order valence-corrected chi connectivity index (χ0v) is 9.53. The second-order valence-corrected chi connectivity index (χ2v) is 3.68. The Hall–Kier alpha value is -1.86. The molecular weight excluding hydrogens is 238 g/mol. The van der Waals surface area contributed by atoms with Crippen molar-refractivity contribution in [2.75, 3.05) is 6.61 Å². The molecule has 0 saturated carbocycles. The van der Waals surface area contributed by atoms with Gasteiger partial charge in [-0.3, -0.25) is 4.68 Å². The average molecular weight is 250 g/mol. The summed E-state index contributed by atoms with van der Waals surface area (Å²) in [6.45, 7) is 0.724. The highest BCUT2D eigenvalue weighted by molar-refractivity contribution is 6.58. The molecule has 0 amide bonds. The van der Waals surface area contributed by atoms with Crippen molar-refractivity contribution in [3.63, 3.8) is 0 Å². The average Bonchev–Trinajstić information content (AvgIpc) is 2.84. The van der Waals surface area contributed by atoms with E-state index in [4.69, 9.17) is 14.8 Å². The molecule has 1 aromatic heterocycles. The van der Waals surface area contributed by atoms with Crippen molar-refractivity contribution in [3.8, 4) is 5.75 Å². The zero-order valence-electron chi connectivity index (χ0n) is 9.53. The first kappa shape index (κ1) is 12.6. The van der Waals surface area contributed by atoms with Crippen molar-refractivity contribution >= 4 is 12.6 Å². The van der Waals surface area contributed by atoms with Crippen molar-refractivity contribution in [2.24, 2.45) is 0 Å². The minimum atomic E-state index is -1.64. The van der Waals surface area contributed by atoms with Crippen LogP contribution < -0.4 is 10.2 Å². The Bertz CT molecular complexity index is 505. The number of halogens is 1. The van der Waals surface area contributed by atoms with Crippen LogP contribution in [0.15, 0.2) is 36.7 Å². The maximum atomic E-state index is 13.4. The van der Waals surface area contributed by atoms with Crippen LogP contribution in [0.2, 0.25) is 0 Å². The lowest BCUT2D eigenvalue weighted by Crippen LogP contribution is -2.30. The molecule has 2 rings (SSSR count). The molecule has 0 aliphatic heterocycles. The van der Waals surface area contributed by atoms with Crippen LogP contribution in [0.5, 0.6) is 5.75 Å². The third kappa shape index (κ3) is 3.09. The lowest BCUT2D eigenvalue weighted by atomic mass is 9.80. The highest BCUT2D eigenvalue weighted by Crippen LogP contribution is 2.14. The van der Waals surface area contributed by atoms with E-state index in [9.17, 15) is 4.39 Å². The van der Waals surface area contributed by atoms with Crippen molar-refractivity contribution in [3.05, 3.63) is 42.5 Å². The fourth-order valence-electron chi connectivity index (χ4n) is 1.47. The van der Waals surface area contributed by atoms with E-state index in [1.807, 2.05) is 0 Å². The van der Waals surface area contributed by atoms with Crippen LogP contribution >= 0.6 is 0 Å². The summed E-state index contributed by atoms with van der Waals surface area (Å²) in [6, 6.07) is 5.48. The van der Waals surface area contributed by atoms with E-state index in [0.717, 1.165) is 6.07 Å². The number of rotatable bonds is 5. The highest BCUT2D eigenvalue weighted by atomic mass is 19.1. The van der Waals surface area contributed by atoms with Gasteiger partial charge in [-0.1, -0.05) is 6.07 Å². The molecule has 0 aliphatic carbocycles. The van der Waals surface area contributed by atoms with Crippen LogP contribution in [0, 0.1) is 5.82 Å². The second kappa shape index (κ2) is 5.66. The van der Waals surface area contributed by atoms with E-state index in [0.29, 0.717) is 6.54 Å². The van der Waals surface area contributed by atoms with Crippen molar-refractivity contribution in [1.82, 2.24) is 9.78 Å². The van der Waals surface area contributed by atoms with Gasteiger partial charge in [-0.2, -0.15) is 5.10 Å². The monoisotopic (exact) mass is 250 g/mol. The largest absolute Gasteiger partial charge is 0.489 e. The summed E-state index contributed by atoms with van der Waals surface area (Å²) < 4.78 is 20.3. The standard InChI is InChI=1S/C11H12BFN2O3/c13-10-3-2-9(12(16)17)8-11(10)18-7-6-15-5-1-4-14-15/h1-5,8,16-17H,6-7H2. The van der Waals surface area contributed by atoms with E-state index in [1.54, 1.807) is 23.1 Å². The Morgan fingerprint density at radius 1 is 1.39 bits per heavy atom. The molecule has 5 nitrogen and oxygen atoms in total. The van der Waals surface area contributed by atoms with Gasteiger partial charge >= 0.3 is 7.12 Å². The lowest BCUT2D eigenvalue weighted by molar-refractivity contribution is 0.278. The van der Waals surface area contributed by atoms with E-state index < -0.39 is 12.9 Å². The molecule has 0 atom stereocenters. The van der Waals surface area contributed by atoms with Crippen LogP contribution in [0.1, 0.15) is 0 Å². The van der Waals surface area contributed by atoms with Gasteiger partial charge in [-0.15, -0.1) is 0 Å². The fourth-order valence-corrected chi connectivity index (χ4v) is 1.47. The Morgan fingerprint density at radius 2 is 2.22 bits per heavy atom. The SMILES string of the molecule is OB(O)c1ccc(F)c(OCCn2cccn2)c1. The summed E-state index contributed by atoms with van der Waals surface area (Å²) in [7, 11) is -1.64. The Morgan fingerprint density at radius 3 is 2.89 bits per heavy atom. The first-order valence-corrected chi connectivity index (χ1v) is 5.42. The Labute approximate surface area is 104 Å². The first-order valence-electron chi connectivity index (χ1n) is 5.42. The maximum Gasteiger partial charge on any atom is 0.488 e. The minimum Gasteiger partial charge on any atom is -0.489 e. The number of benzene rings is 1. The topological polar surface area (TPSA) is 67.5 Å². The summed E-state index contributed by atoms with van der Waals surface area (Å²) in [5.74, 6) is -0.548. The molecule has 0 spiro atoms. The van der Waals surface area contributed by atoms with Crippen molar-refractivity contribution < 1.29 is 19.2 Å². The Balaban J connectivity index is 1.97. The molecule has 18 heavy (non-hydrogen) atoms. The lowest BCUT2D eigenvalue weighted by Gasteiger charge is -2.09. The van der Waals surface area contributed by atoms with Gasteiger partial charge in [0.05, 0.1) is 6.54 Å². The number of ether oxygens (including phenoxy) is 1. The van der Waals surface area contributed by atoms with Gasteiger partial charge in [-0.25, -0.2) is 4.39 Å². The normalized spacial score (nSPS) is 10.4. The molecule has 1 heterocycles. The van der Waals surface area contributed by atoms with Gasteiger partial charge in [-0.05, 0) is 23.7 Å². The molecule has 0 saturated heterocycles. The molecule has 0 bridgehead atoms. The number of nitrogens with zero attached hydrogens (tertiary/aromatic N) is 2. The molecule has 94 valence electrons. The molecule has 0 unspecified atom stereocenters. The smallest absolute Gasteiger partial charge is 0.488 e. The van der Waals surface area contributed by atoms with Gasteiger partial charge in [0, 0.05) is 12.4 Å². The zero-order chi connectivity index (χ0) is 13.0. The first-order chi connectivity index (χ1) is 8.66. The Kier molecular flexibility index (Phi) is 3.96. The summed E-state index contributed by atoms with van der Waals surface area (Å²) in [5, 5.41) is 21.9. The van der Waals surface area contributed by atoms with Crippen molar-refractivity contribution in [1.29, 1.82) is 0 Å². The van der Waals surface area contributed by atoms with Crippen molar-refractivity contribution in [2.45, 2.75) is 6.54 Å². The van der Waals surface area contributed by atoms with Gasteiger partial charge in [0.2, 0.25) is 0 Å². The fraction of sp³-hybridized carbons (Fsp3) is 0.182. The third-order valence-electron chi connectivity index (χ3n) is 2.39. The number of aromatic nitrogens is 2. The molecule has 2 aromatic rings. The maximum absolute atomic E-state index is 13.4. The van der Waals surface area contributed by atoms with Crippen LogP contribution in [0.4, 0.5) is 4.39 Å². The van der Waals surface area contributed by atoms with Crippen LogP contribution in [-0.2, 0) is 6.54 Å². The van der Waals surface area contributed by atoms with Crippen LogP contribution in [-0.4, -0.2) is 33.6 Å². The molecule has 2 N–H and O–H groups in total. The summed E-state index contributed by atoms with van der Waals surface area (Å²) in [4.78, 5) is 0. The molecule has 7 heteroatoms. The van der Waals surface area contributed by atoms with Gasteiger partial charge in [0.25, 0.3) is 0 Å². The molecule has 0 radical (unpaired) electrons. The molecular formula is C11H12BFN2O3. The molecule has 1 aromatic carbocycles. The van der Waals surface area contributed by atoms with E-state index in [-0.39, 0.29) is 17.8 Å². The predicted octanol–water partition coefficient (Wildman–Crippen LogP) is -0.219. The molecule has 0 fully saturated rings. The van der Waals surface area contributed by atoms with E-state index >= 15 is 0 Å². The van der Waals surface area contributed by atoms with E-state index in [1.165, 1.54) is 12.1 Å².